The number of ether oxygens (including phenoxy) is 1. The Morgan fingerprint density at radius 2 is 1.92 bits per heavy atom. The van der Waals surface area contributed by atoms with Crippen LogP contribution in [0.1, 0.15) is 31.4 Å². The first-order chi connectivity index (χ1) is 12.3. The van der Waals surface area contributed by atoms with Gasteiger partial charge < -0.3 is 10.1 Å². The molecular weight excluding hydrogens is 420 g/mol. The molecule has 26 heavy (non-hydrogen) atoms. The van der Waals surface area contributed by atoms with Gasteiger partial charge in [-0.05, 0) is 49.2 Å². The van der Waals surface area contributed by atoms with Gasteiger partial charge in [-0.1, -0.05) is 34.1 Å². The molecule has 0 radical (unpaired) electrons. The predicted molar refractivity (Wildman–Crippen MR) is 103 cm³/mol. The normalized spacial score (nSPS) is 12.4. The second kappa shape index (κ2) is 9.16. The first-order valence-electron chi connectivity index (χ1n) is 8.06. The number of hydrogen-bond donors (Lipinski definition) is 2. The molecule has 0 aliphatic rings. The summed E-state index contributed by atoms with van der Waals surface area (Å²) in [5.41, 5.74) is 0.802. The third-order valence-corrected chi connectivity index (χ3v) is 5.12. The number of hydrogen-bond acceptors (Lipinski definition) is 4. The van der Waals surface area contributed by atoms with Crippen molar-refractivity contribution in [2.24, 2.45) is 5.14 Å². The molecule has 1 amide bonds. The second-order valence-electron chi connectivity index (χ2n) is 5.81. The van der Waals surface area contributed by atoms with Gasteiger partial charge in [0.25, 0.3) is 0 Å². The number of primary sulfonamides is 1. The van der Waals surface area contributed by atoms with Gasteiger partial charge in [-0.25, -0.2) is 13.6 Å². The fourth-order valence-corrected chi connectivity index (χ4v) is 3.22. The largest absolute Gasteiger partial charge is 0.494 e. The Labute approximate surface area is 161 Å². The van der Waals surface area contributed by atoms with Crippen LogP contribution in [0.3, 0.4) is 0 Å². The van der Waals surface area contributed by atoms with Crippen molar-refractivity contribution in [3.63, 3.8) is 0 Å². The van der Waals surface area contributed by atoms with Crippen molar-refractivity contribution < 1.29 is 17.9 Å². The van der Waals surface area contributed by atoms with Crippen LogP contribution in [0.5, 0.6) is 5.75 Å². The van der Waals surface area contributed by atoms with E-state index in [0.29, 0.717) is 19.4 Å². The number of rotatable bonds is 8. The summed E-state index contributed by atoms with van der Waals surface area (Å²) < 4.78 is 29.0. The quantitative estimate of drug-likeness (QED) is 0.615. The zero-order chi connectivity index (χ0) is 19.2. The summed E-state index contributed by atoms with van der Waals surface area (Å²) in [6.45, 7) is 2.28. The topological polar surface area (TPSA) is 98.5 Å². The van der Waals surface area contributed by atoms with Crippen LogP contribution in [0.2, 0.25) is 0 Å². The van der Waals surface area contributed by atoms with Gasteiger partial charge in [0.2, 0.25) is 15.9 Å². The van der Waals surface area contributed by atoms with Gasteiger partial charge in [-0.2, -0.15) is 0 Å². The Morgan fingerprint density at radius 1 is 1.23 bits per heavy atom. The molecule has 6 nitrogen and oxygen atoms in total. The Hall–Kier alpha value is -1.90. The zero-order valence-corrected chi connectivity index (χ0v) is 16.7. The molecule has 0 saturated carbocycles. The molecule has 0 bridgehead atoms. The minimum absolute atomic E-state index is 0.0458. The summed E-state index contributed by atoms with van der Waals surface area (Å²) in [6.07, 6.45) is 0.934. The first kappa shape index (κ1) is 20.4. The predicted octanol–water partition coefficient (Wildman–Crippen LogP) is 3.13. The van der Waals surface area contributed by atoms with Crippen molar-refractivity contribution in [3.8, 4) is 5.75 Å². The Kier molecular flexibility index (Phi) is 7.19. The van der Waals surface area contributed by atoms with Gasteiger partial charge in [-0.3, -0.25) is 4.79 Å². The molecule has 0 aromatic heterocycles. The van der Waals surface area contributed by atoms with Crippen LogP contribution in [0.15, 0.2) is 57.9 Å². The summed E-state index contributed by atoms with van der Waals surface area (Å²) in [5.74, 6) is 0.661. The van der Waals surface area contributed by atoms with Gasteiger partial charge in [-0.15, -0.1) is 0 Å². The Balaban J connectivity index is 1.76. The number of nitrogens with two attached hydrogens (primary N) is 1. The number of sulfonamides is 1. The summed E-state index contributed by atoms with van der Waals surface area (Å²) in [7, 11) is -3.71. The molecule has 2 aromatic carbocycles. The molecule has 2 aromatic rings. The maximum atomic E-state index is 12.0. The Bertz CT molecular complexity index is 854. The van der Waals surface area contributed by atoms with Gasteiger partial charge in [0.15, 0.2) is 0 Å². The number of nitrogens with one attached hydrogen (secondary N) is 1. The summed E-state index contributed by atoms with van der Waals surface area (Å²) >= 11 is 3.37. The molecule has 0 fully saturated rings. The molecule has 0 aliphatic carbocycles. The van der Waals surface area contributed by atoms with Gasteiger partial charge in [0.05, 0.1) is 17.5 Å². The van der Waals surface area contributed by atoms with Crippen molar-refractivity contribution in [2.45, 2.75) is 30.7 Å². The highest BCUT2D eigenvalue weighted by Crippen LogP contribution is 2.18. The van der Waals surface area contributed by atoms with E-state index in [-0.39, 0.29) is 16.8 Å². The van der Waals surface area contributed by atoms with E-state index in [1.165, 1.54) is 12.1 Å². The highest BCUT2D eigenvalue weighted by atomic mass is 79.9. The molecule has 2 rings (SSSR count). The third-order valence-electron chi connectivity index (χ3n) is 3.70. The summed E-state index contributed by atoms with van der Waals surface area (Å²) in [6, 6.07) is 13.4. The van der Waals surface area contributed by atoms with Crippen LogP contribution in [-0.4, -0.2) is 20.9 Å². The van der Waals surface area contributed by atoms with Crippen molar-refractivity contribution in [1.29, 1.82) is 0 Å². The molecular formula is C18H21BrN2O4S. The maximum absolute atomic E-state index is 12.0. The molecule has 0 aliphatic heterocycles. The van der Waals surface area contributed by atoms with E-state index in [1.807, 2.05) is 31.2 Å². The molecule has 0 saturated heterocycles. The van der Waals surface area contributed by atoms with Crippen molar-refractivity contribution in [3.05, 3.63) is 58.6 Å². The van der Waals surface area contributed by atoms with E-state index >= 15 is 0 Å². The van der Waals surface area contributed by atoms with E-state index in [9.17, 15) is 13.2 Å². The fraction of sp³-hybridized carbons (Fsp3) is 0.278. The van der Waals surface area contributed by atoms with E-state index < -0.39 is 10.0 Å². The fourth-order valence-electron chi connectivity index (χ4n) is 2.32. The number of carbonyl (C=O) groups excluding carboxylic acids is 1. The standard InChI is InChI=1S/C18H21BrN2O4S/c1-13(14-7-9-17(10-8-14)26(20,23)24)21-18(22)6-3-11-25-16-5-2-4-15(19)12-16/h2,4-5,7-10,12-13H,3,6,11H2,1H3,(H,21,22)(H2,20,23,24). The maximum Gasteiger partial charge on any atom is 0.238 e. The van der Waals surface area contributed by atoms with Crippen LogP contribution in [0.25, 0.3) is 0 Å². The molecule has 1 atom stereocenters. The lowest BCUT2D eigenvalue weighted by Crippen LogP contribution is -2.26. The smallest absolute Gasteiger partial charge is 0.238 e. The lowest BCUT2D eigenvalue weighted by molar-refractivity contribution is -0.121. The van der Waals surface area contributed by atoms with E-state index in [0.717, 1.165) is 15.8 Å². The highest BCUT2D eigenvalue weighted by Gasteiger charge is 2.12. The monoisotopic (exact) mass is 440 g/mol. The number of benzene rings is 2. The average molecular weight is 441 g/mol. The summed E-state index contributed by atoms with van der Waals surface area (Å²) in [5, 5.41) is 7.95. The van der Waals surface area contributed by atoms with E-state index in [1.54, 1.807) is 12.1 Å². The molecule has 8 heteroatoms. The van der Waals surface area contributed by atoms with Crippen LogP contribution in [0.4, 0.5) is 0 Å². The van der Waals surface area contributed by atoms with E-state index in [4.69, 9.17) is 9.88 Å². The number of carbonyl (C=O) groups is 1. The minimum atomic E-state index is -3.71. The molecule has 0 spiro atoms. The first-order valence-corrected chi connectivity index (χ1v) is 10.4. The molecule has 140 valence electrons. The molecule has 1 unspecified atom stereocenters. The third kappa shape index (κ3) is 6.44. The van der Waals surface area contributed by atoms with Gasteiger partial charge in [0, 0.05) is 10.9 Å². The average Bonchev–Trinajstić information content (AvgIpc) is 2.58. The lowest BCUT2D eigenvalue weighted by Gasteiger charge is -2.15. The number of halogens is 1. The van der Waals surface area contributed by atoms with E-state index in [2.05, 4.69) is 21.2 Å². The van der Waals surface area contributed by atoms with Crippen LogP contribution >= 0.6 is 15.9 Å². The number of amides is 1. The lowest BCUT2D eigenvalue weighted by atomic mass is 10.1. The van der Waals surface area contributed by atoms with Crippen molar-refractivity contribution in [2.75, 3.05) is 6.61 Å². The van der Waals surface area contributed by atoms with Crippen molar-refractivity contribution >= 4 is 31.9 Å². The minimum Gasteiger partial charge on any atom is -0.494 e. The molecule has 3 N–H and O–H groups in total. The van der Waals surface area contributed by atoms with Gasteiger partial charge in [0.1, 0.15) is 5.75 Å². The van der Waals surface area contributed by atoms with Crippen LogP contribution in [0, 0.1) is 0 Å². The highest BCUT2D eigenvalue weighted by molar-refractivity contribution is 9.10. The second-order valence-corrected chi connectivity index (χ2v) is 8.29. The molecule has 0 heterocycles. The SMILES string of the molecule is CC(NC(=O)CCCOc1cccc(Br)c1)c1ccc(S(N)(=O)=O)cc1. The Morgan fingerprint density at radius 3 is 2.54 bits per heavy atom. The van der Waals surface area contributed by atoms with Crippen molar-refractivity contribution in [1.82, 2.24) is 5.32 Å². The summed E-state index contributed by atoms with van der Waals surface area (Å²) in [4.78, 5) is 12.1. The zero-order valence-electron chi connectivity index (χ0n) is 14.3. The van der Waals surface area contributed by atoms with Crippen LogP contribution < -0.4 is 15.2 Å². The van der Waals surface area contributed by atoms with Gasteiger partial charge >= 0.3 is 0 Å². The van der Waals surface area contributed by atoms with Crippen LogP contribution in [-0.2, 0) is 14.8 Å².